The summed E-state index contributed by atoms with van der Waals surface area (Å²) in [6.45, 7) is 7.68. The van der Waals surface area contributed by atoms with E-state index in [1.807, 2.05) is 6.92 Å². The van der Waals surface area contributed by atoms with Crippen LogP contribution in [0.2, 0.25) is 0 Å². The Labute approximate surface area is 127 Å². The minimum atomic E-state index is -3.44. The highest BCUT2D eigenvalue weighted by atomic mass is 32.2. The number of piperidine rings is 1. The average molecular weight is 311 g/mol. The summed E-state index contributed by atoms with van der Waals surface area (Å²) in [6.07, 6.45) is 2.11. The zero-order valence-electron chi connectivity index (χ0n) is 12.8. The smallest absolute Gasteiger partial charge is 0.240 e. The summed E-state index contributed by atoms with van der Waals surface area (Å²) < 4.78 is 27.3. The van der Waals surface area contributed by atoms with Gasteiger partial charge in [-0.3, -0.25) is 0 Å². The van der Waals surface area contributed by atoms with E-state index in [4.69, 9.17) is 5.73 Å². The third-order valence-corrected chi connectivity index (χ3v) is 5.69. The van der Waals surface area contributed by atoms with Crippen molar-refractivity contribution in [2.75, 3.05) is 31.9 Å². The van der Waals surface area contributed by atoms with Crippen LogP contribution in [0.4, 0.5) is 5.69 Å². The Morgan fingerprint density at radius 3 is 2.57 bits per heavy atom. The molecule has 0 unspecified atom stereocenters. The van der Waals surface area contributed by atoms with Crippen LogP contribution in [0.3, 0.4) is 0 Å². The van der Waals surface area contributed by atoms with Crippen molar-refractivity contribution in [3.8, 4) is 0 Å². The summed E-state index contributed by atoms with van der Waals surface area (Å²) in [5.41, 5.74) is 7.13. The van der Waals surface area contributed by atoms with Gasteiger partial charge in [0, 0.05) is 12.2 Å². The van der Waals surface area contributed by atoms with Gasteiger partial charge in [0.25, 0.3) is 0 Å². The fourth-order valence-corrected chi connectivity index (χ4v) is 3.83. The lowest BCUT2D eigenvalue weighted by molar-refractivity contribution is 0.194. The maximum Gasteiger partial charge on any atom is 0.240 e. The van der Waals surface area contributed by atoms with Gasteiger partial charge in [-0.25, -0.2) is 13.1 Å². The van der Waals surface area contributed by atoms with E-state index in [0.29, 0.717) is 23.0 Å². The van der Waals surface area contributed by atoms with Gasteiger partial charge in [-0.05, 0) is 69.1 Å². The molecule has 1 saturated heterocycles. The molecular weight excluding hydrogens is 286 g/mol. The lowest BCUT2D eigenvalue weighted by Crippen LogP contribution is -2.38. The summed E-state index contributed by atoms with van der Waals surface area (Å²) in [4.78, 5) is 2.69. The SMILES string of the molecule is CCN1CCC(CNS(=O)(=O)c2ccc(N)c(C)c2)CC1. The molecule has 21 heavy (non-hydrogen) atoms. The first kappa shape index (κ1) is 16.3. The number of nitrogens with two attached hydrogens (primary N) is 1. The predicted molar refractivity (Wildman–Crippen MR) is 85.6 cm³/mol. The number of nitrogen functional groups attached to an aromatic ring is 1. The van der Waals surface area contributed by atoms with Gasteiger partial charge < -0.3 is 10.6 Å². The first-order valence-electron chi connectivity index (χ1n) is 7.50. The molecule has 0 spiro atoms. The standard InChI is InChI=1S/C15H25N3O2S/c1-3-18-8-6-13(7-9-18)11-17-21(19,20)14-4-5-15(16)12(2)10-14/h4-5,10,13,17H,3,6-9,11,16H2,1-2H3. The first-order chi connectivity index (χ1) is 9.92. The van der Waals surface area contributed by atoms with E-state index >= 15 is 0 Å². The van der Waals surface area contributed by atoms with Crippen molar-refractivity contribution in [1.29, 1.82) is 0 Å². The van der Waals surface area contributed by atoms with Gasteiger partial charge in [0.15, 0.2) is 0 Å². The van der Waals surface area contributed by atoms with E-state index in [9.17, 15) is 8.42 Å². The monoisotopic (exact) mass is 311 g/mol. The quantitative estimate of drug-likeness (QED) is 0.810. The molecule has 0 radical (unpaired) electrons. The molecular formula is C15H25N3O2S. The van der Waals surface area contributed by atoms with Crippen LogP contribution < -0.4 is 10.5 Å². The van der Waals surface area contributed by atoms with E-state index in [1.165, 1.54) is 0 Å². The highest BCUT2D eigenvalue weighted by Gasteiger charge is 2.21. The number of hydrogen-bond acceptors (Lipinski definition) is 4. The van der Waals surface area contributed by atoms with Crippen LogP contribution in [0, 0.1) is 12.8 Å². The van der Waals surface area contributed by atoms with Crippen LogP contribution >= 0.6 is 0 Å². The molecule has 1 aromatic rings. The molecule has 1 fully saturated rings. The van der Waals surface area contributed by atoms with Gasteiger partial charge in [-0.15, -0.1) is 0 Å². The molecule has 0 atom stereocenters. The molecule has 118 valence electrons. The maximum atomic E-state index is 12.3. The Morgan fingerprint density at radius 1 is 1.33 bits per heavy atom. The van der Waals surface area contributed by atoms with Crippen molar-refractivity contribution < 1.29 is 8.42 Å². The van der Waals surface area contributed by atoms with Crippen LogP contribution in [-0.4, -0.2) is 39.5 Å². The number of aryl methyl sites for hydroxylation is 1. The topological polar surface area (TPSA) is 75.4 Å². The Balaban J connectivity index is 1.94. The van der Waals surface area contributed by atoms with Gasteiger partial charge in [-0.2, -0.15) is 0 Å². The molecule has 0 saturated carbocycles. The van der Waals surface area contributed by atoms with Crippen LogP contribution in [0.5, 0.6) is 0 Å². The normalized spacial score (nSPS) is 18.0. The Kier molecular flexibility index (Phi) is 5.24. The Hall–Kier alpha value is -1.11. The van der Waals surface area contributed by atoms with E-state index in [1.54, 1.807) is 18.2 Å². The highest BCUT2D eigenvalue weighted by molar-refractivity contribution is 7.89. The summed E-state index contributed by atoms with van der Waals surface area (Å²) in [6, 6.07) is 4.82. The largest absolute Gasteiger partial charge is 0.399 e. The third-order valence-electron chi connectivity index (χ3n) is 4.27. The molecule has 1 heterocycles. The number of nitrogens with zero attached hydrogens (tertiary/aromatic N) is 1. The lowest BCUT2D eigenvalue weighted by atomic mass is 9.97. The molecule has 0 amide bonds. The van der Waals surface area contributed by atoms with Crippen LogP contribution in [-0.2, 0) is 10.0 Å². The molecule has 1 aromatic carbocycles. The van der Waals surface area contributed by atoms with Crippen molar-refractivity contribution in [3.63, 3.8) is 0 Å². The zero-order valence-corrected chi connectivity index (χ0v) is 13.6. The van der Waals surface area contributed by atoms with E-state index in [2.05, 4.69) is 16.5 Å². The van der Waals surface area contributed by atoms with E-state index in [0.717, 1.165) is 38.0 Å². The number of sulfonamides is 1. The van der Waals surface area contributed by atoms with Gasteiger partial charge in [0.05, 0.1) is 4.90 Å². The molecule has 1 aliphatic heterocycles. The minimum Gasteiger partial charge on any atom is -0.399 e. The number of hydrogen-bond donors (Lipinski definition) is 2. The van der Waals surface area contributed by atoms with E-state index < -0.39 is 10.0 Å². The number of nitrogens with one attached hydrogen (secondary N) is 1. The fourth-order valence-electron chi connectivity index (χ4n) is 2.63. The van der Waals surface area contributed by atoms with Crippen LogP contribution in [0.15, 0.2) is 23.1 Å². The van der Waals surface area contributed by atoms with Gasteiger partial charge >= 0.3 is 0 Å². The third kappa shape index (κ3) is 4.18. The Bertz CT molecular complexity index is 579. The van der Waals surface area contributed by atoms with Crippen LogP contribution in [0.25, 0.3) is 0 Å². The summed E-state index contributed by atoms with van der Waals surface area (Å²) in [5.74, 6) is 0.428. The zero-order chi connectivity index (χ0) is 15.5. The van der Waals surface area contributed by atoms with Gasteiger partial charge in [0.1, 0.15) is 0 Å². The highest BCUT2D eigenvalue weighted by Crippen LogP contribution is 2.19. The second-order valence-corrected chi connectivity index (χ2v) is 7.51. The second kappa shape index (κ2) is 6.77. The fraction of sp³-hybridized carbons (Fsp3) is 0.600. The van der Waals surface area contributed by atoms with Crippen molar-refractivity contribution in [2.45, 2.75) is 31.6 Å². The number of rotatable bonds is 5. The summed E-state index contributed by atoms with van der Waals surface area (Å²) in [7, 11) is -3.44. The average Bonchev–Trinajstić information content (AvgIpc) is 2.48. The number of benzene rings is 1. The molecule has 0 bridgehead atoms. The van der Waals surface area contributed by atoms with Crippen molar-refractivity contribution >= 4 is 15.7 Å². The number of likely N-dealkylation sites (tertiary alicyclic amines) is 1. The molecule has 0 aromatic heterocycles. The van der Waals surface area contributed by atoms with Crippen LogP contribution in [0.1, 0.15) is 25.3 Å². The molecule has 5 nitrogen and oxygen atoms in total. The van der Waals surface area contributed by atoms with Crippen molar-refractivity contribution in [1.82, 2.24) is 9.62 Å². The Morgan fingerprint density at radius 2 is 2.00 bits per heavy atom. The predicted octanol–water partition coefficient (Wildman–Crippen LogP) is 1.59. The maximum absolute atomic E-state index is 12.3. The number of anilines is 1. The second-order valence-electron chi connectivity index (χ2n) is 5.75. The van der Waals surface area contributed by atoms with Crippen molar-refractivity contribution in [3.05, 3.63) is 23.8 Å². The van der Waals surface area contributed by atoms with Gasteiger partial charge in [0.2, 0.25) is 10.0 Å². The minimum absolute atomic E-state index is 0.292. The molecule has 6 heteroatoms. The molecule has 1 aliphatic rings. The lowest BCUT2D eigenvalue weighted by Gasteiger charge is -2.31. The molecule has 3 N–H and O–H groups in total. The first-order valence-corrected chi connectivity index (χ1v) is 8.99. The van der Waals surface area contributed by atoms with Crippen molar-refractivity contribution in [2.24, 2.45) is 5.92 Å². The van der Waals surface area contributed by atoms with Gasteiger partial charge in [-0.1, -0.05) is 6.92 Å². The molecule has 2 rings (SSSR count). The van der Waals surface area contributed by atoms with E-state index in [-0.39, 0.29) is 0 Å². The summed E-state index contributed by atoms with van der Waals surface area (Å²) in [5, 5.41) is 0. The summed E-state index contributed by atoms with van der Waals surface area (Å²) >= 11 is 0. The molecule has 0 aliphatic carbocycles.